The number of phenols is 1. The fourth-order valence-corrected chi connectivity index (χ4v) is 3.24. The first-order valence-corrected chi connectivity index (χ1v) is 8.53. The molecule has 2 aromatic rings. The van der Waals surface area contributed by atoms with Crippen molar-refractivity contribution < 1.29 is 9.90 Å². The number of hydrogen-bond donors (Lipinski definition) is 2. The number of halogens is 1. The summed E-state index contributed by atoms with van der Waals surface area (Å²) in [7, 11) is 0. The highest BCUT2D eigenvalue weighted by atomic mass is 35.5. The van der Waals surface area contributed by atoms with Crippen molar-refractivity contribution in [2.24, 2.45) is 0 Å². The van der Waals surface area contributed by atoms with Crippen molar-refractivity contribution in [3.63, 3.8) is 0 Å². The Morgan fingerprint density at radius 1 is 1.25 bits per heavy atom. The summed E-state index contributed by atoms with van der Waals surface area (Å²) >= 11 is 5.95. The van der Waals surface area contributed by atoms with Crippen LogP contribution in [0.25, 0.3) is 0 Å². The van der Waals surface area contributed by atoms with E-state index in [4.69, 9.17) is 11.6 Å². The van der Waals surface area contributed by atoms with Gasteiger partial charge in [-0.25, -0.2) is 0 Å². The monoisotopic (exact) mass is 344 g/mol. The molecule has 0 spiro atoms. The second-order valence-corrected chi connectivity index (χ2v) is 6.60. The summed E-state index contributed by atoms with van der Waals surface area (Å²) in [5.74, 6) is 0.376. The molecule has 1 atom stereocenters. The SMILES string of the molecule is CC(NCc1cc(O)cc(Cl)c1)c1ccc(N2CCCC2=O)cc1. The van der Waals surface area contributed by atoms with Gasteiger partial charge in [0.2, 0.25) is 5.91 Å². The number of nitrogens with zero attached hydrogens (tertiary/aromatic N) is 1. The lowest BCUT2D eigenvalue weighted by molar-refractivity contribution is -0.117. The molecule has 0 saturated carbocycles. The topological polar surface area (TPSA) is 52.6 Å². The highest BCUT2D eigenvalue weighted by molar-refractivity contribution is 6.30. The first-order chi connectivity index (χ1) is 11.5. The van der Waals surface area contributed by atoms with E-state index in [1.807, 2.05) is 35.2 Å². The Morgan fingerprint density at radius 2 is 2.00 bits per heavy atom. The van der Waals surface area contributed by atoms with Crippen molar-refractivity contribution in [1.82, 2.24) is 5.32 Å². The van der Waals surface area contributed by atoms with Gasteiger partial charge in [-0.2, -0.15) is 0 Å². The molecule has 126 valence electrons. The maximum absolute atomic E-state index is 11.8. The van der Waals surface area contributed by atoms with Gasteiger partial charge in [0.1, 0.15) is 5.75 Å². The molecule has 3 rings (SSSR count). The summed E-state index contributed by atoms with van der Waals surface area (Å²) in [6.45, 7) is 3.51. The summed E-state index contributed by atoms with van der Waals surface area (Å²) in [4.78, 5) is 13.6. The van der Waals surface area contributed by atoms with Crippen LogP contribution in [0.15, 0.2) is 42.5 Å². The maximum atomic E-state index is 11.8. The zero-order valence-corrected chi connectivity index (χ0v) is 14.4. The molecule has 5 heteroatoms. The lowest BCUT2D eigenvalue weighted by Gasteiger charge is -2.18. The van der Waals surface area contributed by atoms with Crippen LogP contribution >= 0.6 is 11.6 Å². The highest BCUT2D eigenvalue weighted by Crippen LogP contribution is 2.24. The largest absolute Gasteiger partial charge is 0.508 e. The molecule has 1 unspecified atom stereocenters. The summed E-state index contributed by atoms with van der Waals surface area (Å²) in [6, 6.07) is 13.3. The number of carbonyl (C=O) groups is 1. The third-order valence-corrected chi connectivity index (χ3v) is 4.55. The van der Waals surface area contributed by atoms with E-state index in [9.17, 15) is 9.90 Å². The quantitative estimate of drug-likeness (QED) is 0.861. The van der Waals surface area contributed by atoms with Crippen molar-refractivity contribution in [3.8, 4) is 5.75 Å². The lowest BCUT2D eigenvalue weighted by Crippen LogP contribution is -2.23. The summed E-state index contributed by atoms with van der Waals surface area (Å²) in [5, 5.41) is 13.5. The van der Waals surface area contributed by atoms with E-state index in [1.54, 1.807) is 6.07 Å². The first kappa shape index (κ1) is 16.8. The van der Waals surface area contributed by atoms with Gasteiger partial charge in [-0.3, -0.25) is 4.79 Å². The van der Waals surface area contributed by atoms with Crippen LogP contribution in [0.3, 0.4) is 0 Å². The minimum Gasteiger partial charge on any atom is -0.508 e. The summed E-state index contributed by atoms with van der Waals surface area (Å²) < 4.78 is 0. The number of nitrogens with one attached hydrogen (secondary N) is 1. The van der Waals surface area contributed by atoms with E-state index in [-0.39, 0.29) is 17.7 Å². The Kier molecular flexibility index (Phi) is 5.07. The molecule has 0 aliphatic carbocycles. The summed E-state index contributed by atoms with van der Waals surface area (Å²) in [6.07, 6.45) is 1.58. The van der Waals surface area contributed by atoms with Gasteiger partial charge in [0, 0.05) is 36.3 Å². The first-order valence-electron chi connectivity index (χ1n) is 8.15. The van der Waals surface area contributed by atoms with Crippen LogP contribution in [0, 0.1) is 0 Å². The Bertz CT molecular complexity index is 710. The maximum Gasteiger partial charge on any atom is 0.227 e. The second-order valence-electron chi connectivity index (χ2n) is 6.16. The number of phenolic OH excluding ortho intramolecular Hbond substituents is 1. The van der Waals surface area contributed by atoms with Gasteiger partial charge in [0.15, 0.2) is 0 Å². The number of anilines is 1. The van der Waals surface area contributed by atoms with Crippen molar-refractivity contribution in [1.29, 1.82) is 0 Å². The van der Waals surface area contributed by atoms with Crippen molar-refractivity contribution in [2.75, 3.05) is 11.4 Å². The van der Waals surface area contributed by atoms with E-state index < -0.39 is 0 Å². The fourth-order valence-electron chi connectivity index (χ4n) is 2.99. The molecule has 1 saturated heterocycles. The number of rotatable bonds is 5. The van der Waals surface area contributed by atoms with Gasteiger partial charge in [0.05, 0.1) is 0 Å². The molecule has 0 aromatic heterocycles. The standard InChI is InChI=1S/C19H21ClN2O2/c1-13(21-12-14-9-16(20)11-18(23)10-14)15-4-6-17(7-5-15)22-8-2-3-19(22)24/h4-7,9-11,13,21,23H,2-3,8,12H2,1H3. The number of hydrogen-bond acceptors (Lipinski definition) is 3. The third-order valence-electron chi connectivity index (χ3n) is 4.33. The summed E-state index contributed by atoms with van der Waals surface area (Å²) in [5.41, 5.74) is 3.05. The molecule has 1 amide bonds. The molecule has 0 radical (unpaired) electrons. The molecule has 1 fully saturated rings. The van der Waals surface area contributed by atoms with Gasteiger partial charge in [-0.05, 0) is 54.8 Å². The normalized spacial score (nSPS) is 15.8. The molecular weight excluding hydrogens is 324 g/mol. The third kappa shape index (κ3) is 3.89. The Morgan fingerprint density at radius 3 is 2.62 bits per heavy atom. The van der Waals surface area contributed by atoms with Gasteiger partial charge in [-0.15, -0.1) is 0 Å². The number of carbonyl (C=O) groups excluding carboxylic acids is 1. The lowest BCUT2D eigenvalue weighted by atomic mass is 10.1. The van der Waals surface area contributed by atoms with Crippen LogP contribution in [0.4, 0.5) is 5.69 Å². The fraction of sp³-hybridized carbons (Fsp3) is 0.316. The van der Waals surface area contributed by atoms with Gasteiger partial charge >= 0.3 is 0 Å². The zero-order chi connectivity index (χ0) is 17.1. The predicted octanol–water partition coefficient (Wildman–Crippen LogP) is 4.02. The van der Waals surface area contributed by atoms with Crippen molar-refractivity contribution >= 4 is 23.2 Å². The minimum absolute atomic E-state index is 0.148. The Labute approximate surface area is 147 Å². The van der Waals surface area contributed by atoms with E-state index >= 15 is 0 Å². The molecule has 24 heavy (non-hydrogen) atoms. The van der Waals surface area contributed by atoms with Crippen molar-refractivity contribution in [2.45, 2.75) is 32.4 Å². The van der Waals surface area contributed by atoms with E-state index in [0.29, 0.717) is 18.0 Å². The van der Waals surface area contributed by atoms with Crippen LogP contribution in [0.2, 0.25) is 5.02 Å². The number of aromatic hydroxyl groups is 1. The molecule has 0 bridgehead atoms. The zero-order valence-electron chi connectivity index (χ0n) is 13.6. The molecule has 1 aliphatic rings. The van der Waals surface area contributed by atoms with E-state index in [2.05, 4.69) is 12.2 Å². The molecule has 2 aromatic carbocycles. The smallest absolute Gasteiger partial charge is 0.227 e. The van der Waals surface area contributed by atoms with Crippen LogP contribution in [0.1, 0.15) is 36.9 Å². The van der Waals surface area contributed by atoms with Gasteiger partial charge < -0.3 is 15.3 Å². The van der Waals surface area contributed by atoms with Crippen molar-refractivity contribution in [3.05, 3.63) is 58.6 Å². The van der Waals surface area contributed by atoms with E-state index in [0.717, 1.165) is 29.8 Å². The number of amides is 1. The molecule has 1 aliphatic heterocycles. The molecular formula is C19H21ClN2O2. The Balaban J connectivity index is 1.62. The molecule has 1 heterocycles. The van der Waals surface area contributed by atoms with Gasteiger partial charge in [0.25, 0.3) is 0 Å². The molecule has 2 N–H and O–H groups in total. The van der Waals surface area contributed by atoms with Crippen LogP contribution in [-0.2, 0) is 11.3 Å². The van der Waals surface area contributed by atoms with E-state index in [1.165, 1.54) is 6.07 Å². The van der Waals surface area contributed by atoms with Crippen LogP contribution in [-0.4, -0.2) is 17.6 Å². The highest BCUT2D eigenvalue weighted by Gasteiger charge is 2.21. The second kappa shape index (κ2) is 7.24. The minimum atomic E-state index is 0.148. The molecule has 4 nitrogen and oxygen atoms in total. The van der Waals surface area contributed by atoms with Crippen LogP contribution < -0.4 is 10.2 Å². The average Bonchev–Trinajstić information content (AvgIpc) is 2.98. The average molecular weight is 345 g/mol. The van der Waals surface area contributed by atoms with Gasteiger partial charge in [-0.1, -0.05) is 23.7 Å². The number of benzene rings is 2. The van der Waals surface area contributed by atoms with Crippen LogP contribution in [0.5, 0.6) is 5.75 Å². The predicted molar refractivity (Wildman–Crippen MR) is 96.4 cm³/mol. The Hall–Kier alpha value is -2.04.